The number of aromatic nitrogens is 6. The number of amides is 2. The predicted molar refractivity (Wildman–Crippen MR) is 146 cm³/mol. The largest absolute Gasteiger partial charge is 0.393 e. The van der Waals surface area contributed by atoms with Crippen LogP contribution in [-0.2, 0) is 16.0 Å². The molecule has 3 aromatic heterocycles. The summed E-state index contributed by atoms with van der Waals surface area (Å²) in [5.74, 6) is -1.44. The highest BCUT2D eigenvalue weighted by Gasteiger charge is 2.46. The van der Waals surface area contributed by atoms with Gasteiger partial charge in [0.2, 0.25) is 5.91 Å². The molecule has 0 unspecified atom stereocenters. The molecule has 0 aromatic carbocycles. The Bertz CT molecular complexity index is 1540. The van der Waals surface area contributed by atoms with Crippen molar-refractivity contribution in [2.24, 2.45) is 29.6 Å². The van der Waals surface area contributed by atoms with E-state index in [2.05, 4.69) is 20.9 Å². The molecule has 2 aliphatic carbocycles. The Morgan fingerprint density at radius 1 is 1.11 bits per heavy atom. The number of rotatable bonds is 8. The van der Waals surface area contributed by atoms with Gasteiger partial charge in [0, 0.05) is 38.0 Å². The van der Waals surface area contributed by atoms with Crippen LogP contribution in [0.25, 0.3) is 5.78 Å². The molecule has 12 nitrogen and oxygen atoms in total. The van der Waals surface area contributed by atoms with Crippen molar-refractivity contribution in [3.05, 3.63) is 34.7 Å². The summed E-state index contributed by atoms with van der Waals surface area (Å²) in [5, 5.41) is 17.8. The molecule has 0 bridgehead atoms. The number of hydrogen-bond donors (Lipinski definition) is 2. The van der Waals surface area contributed by atoms with Gasteiger partial charge in [-0.3, -0.25) is 9.59 Å². The van der Waals surface area contributed by atoms with Crippen molar-refractivity contribution < 1.29 is 32.1 Å². The van der Waals surface area contributed by atoms with Gasteiger partial charge in [-0.2, -0.15) is 18.3 Å². The van der Waals surface area contributed by atoms with E-state index in [0.717, 1.165) is 18.8 Å². The van der Waals surface area contributed by atoms with Crippen molar-refractivity contribution in [2.75, 3.05) is 19.8 Å². The van der Waals surface area contributed by atoms with Gasteiger partial charge >= 0.3 is 6.18 Å². The third-order valence-corrected chi connectivity index (χ3v) is 9.85. The van der Waals surface area contributed by atoms with Crippen LogP contribution in [0.4, 0.5) is 13.2 Å². The first-order valence-electron chi connectivity index (χ1n) is 15.4. The third kappa shape index (κ3) is 5.77. The van der Waals surface area contributed by atoms with E-state index in [-0.39, 0.29) is 30.4 Å². The number of carbonyl (C=O) groups excluding carboxylic acids is 2. The van der Waals surface area contributed by atoms with Crippen molar-refractivity contribution in [1.29, 1.82) is 0 Å². The summed E-state index contributed by atoms with van der Waals surface area (Å²) in [6, 6.07) is -0.427. The first-order chi connectivity index (χ1) is 21.1. The fourth-order valence-corrected chi connectivity index (χ4v) is 7.05. The van der Waals surface area contributed by atoms with E-state index in [9.17, 15) is 22.8 Å². The fourth-order valence-electron chi connectivity index (χ4n) is 7.05. The van der Waals surface area contributed by atoms with Crippen LogP contribution in [0.3, 0.4) is 0 Å². The molecular weight excluding hydrogens is 581 g/mol. The van der Waals surface area contributed by atoms with Gasteiger partial charge < -0.3 is 15.4 Å². The Morgan fingerprint density at radius 2 is 1.89 bits per heavy atom. The van der Waals surface area contributed by atoms with Crippen LogP contribution in [0.5, 0.6) is 0 Å². The number of nitrogens with zero attached hydrogens (tertiary/aromatic N) is 6. The maximum absolute atomic E-state index is 13.6. The molecule has 4 fully saturated rings. The number of alkyl halides is 3. The zero-order valence-electron chi connectivity index (χ0n) is 24.3. The molecule has 3 atom stereocenters. The Labute approximate surface area is 250 Å². The van der Waals surface area contributed by atoms with Crippen molar-refractivity contribution in [3.8, 4) is 0 Å². The molecule has 2 aliphatic heterocycles. The smallest absolute Gasteiger partial charge is 0.381 e. The molecule has 44 heavy (non-hydrogen) atoms. The molecule has 2 amide bonds. The number of hydrogen-bond acceptors (Lipinski definition) is 9. The van der Waals surface area contributed by atoms with Gasteiger partial charge in [0.05, 0.1) is 35.2 Å². The number of piperidine rings is 1. The van der Waals surface area contributed by atoms with Crippen LogP contribution >= 0.6 is 0 Å². The van der Waals surface area contributed by atoms with Crippen LogP contribution in [0.15, 0.2) is 10.8 Å². The molecule has 7 rings (SSSR count). The van der Waals surface area contributed by atoms with Crippen LogP contribution in [0, 0.1) is 36.5 Å². The molecule has 15 heteroatoms. The van der Waals surface area contributed by atoms with E-state index in [4.69, 9.17) is 24.4 Å². The molecule has 0 spiro atoms. The number of imidazole rings is 1. The zero-order chi connectivity index (χ0) is 30.6. The van der Waals surface area contributed by atoms with Gasteiger partial charge in [0.1, 0.15) is 5.69 Å². The summed E-state index contributed by atoms with van der Waals surface area (Å²) in [6.45, 7) is 2.30. The number of carbonyl (C=O) groups is 2. The van der Waals surface area contributed by atoms with Gasteiger partial charge in [-0.15, -0.1) is 0 Å². The van der Waals surface area contributed by atoms with E-state index >= 15 is 0 Å². The number of fused-ring (bicyclic) bond motifs is 1. The average molecular weight is 617 g/mol. The molecule has 2 saturated carbocycles. The molecule has 4 aliphatic rings. The van der Waals surface area contributed by atoms with Gasteiger partial charge in [-0.05, 0) is 74.8 Å². The van der Waals surface area contributed by atoms with Gasteiger partial charge in [0.25, 0.3) is 11.7 Å². The highest BCUT2D eigenvalue weighted by Crippen LogP contribution is 2.52. The van der Waals surface area contributed by atoms with Crippen LogP contribution in [-0.4, -0.2) is 67.6 Å². The summed E-state index contributed by atoms with van der Waals surface area (Å²) >= 11 is 0. The standard InChI is InChI=1S/C29H35F3N8O4/c1-14-23(39-44-38-14)27(42)35-25(18-8-17(9-18)15-2-3-15)22-13-40-28(34-22)36-24(16-4-6-43-7-5-16)21(37-40)11-19-10-20(29(30,31)32)12-33-26(19)41/h13,15-20,25H,2-12H2,1H3,(H,33,41)(H,35,42)/t17?,18?,19-,20-,25+/m1/s1. The molecular formula is C29H35F3N8O4. The zero-order valence-corrected chi connectivity index (χ0v) is 24.3. The van der Waals surface area contributed by atoms with Crippen molar-refractivity contribution in [1.82, 2.24) is 40.5 Å². The Kier molecular flexibility index (Phi) is 7.53. The van der Waals surface area contributed by atoms with Crippen molar-refractivity contribution >= 4 is 17.6 Å². The first-order valence-corrected chi connectivity index (χ1v) is 15.4. The summed E-state index contributed by atoms with van der Waals surface area (Å²) in [6.07, 6.45) is 2.86. The minimum Gasteiger partial charge on any atom is -0.381 e. The Balaban J connectivity index is 1.21. The fraction of sp³-hybridized carbons (Fsp3) is 0.690. The van der Waals surface area contributed by atoms with E-state index < -0.39 is 42.4 Å². The molecule has 0 radical (unpaired) electrons. The predicted octanol–water partition coefficient (Wildman–Crippen LogP) is 3.47. The second-order valence-corrected chi connectivity index (χ2v) is 12.8. The molecule has 236 valence electrons. The maximum atomic E-state index is 13.6. The molecule has 2 N–H and O–H groups in total. The monoisotopic (exact) mass is 616 g/mol. The highest BCUT2D eigenvalue weighted by atomic mass is 19.4. The van der Waals surface area contributed by atoms with Crippen molar-refractivity contribution in [2.45, 2.75) is 76.4 Å². The number of nitrogens with one attached hydrogen (secondary N) is 2. The van der Waals surface area contributed by atoms with E-state index in [0.29, 0.717) is 60.5 Å². The third-order valence-electron chi connectivity index (χ3n) is 9.85. The maximum Gasteiger partial charge on any atom is 0.393 e. The van der Waals surface area contributed by atoms with Crippen LogP contribution < -0.4 is 10.6 Å². The first kappa shape index (κ1) is 29.1. The summed E-state index contributed by atoms with van der Waals surface area (Å²) in [5.41, 5.74) is 2.21. The van der Waals surface area contributed by atoms with Crippen LogP contribution in [0.2, 0.25) is 0 Å². The molecule has 2 saturated heterocycles. The van der Waals surface area contributed by atoms with E-state index in [1.165, 1.54) is 17.4 Å². The number of aryl methyl sites for hydroxylation is 1. The molecule has 3 aromatic rings. The Hall–Kier alpha value is -3.62. The van der Waals surface area contributed by atoms with Gasteiger partial charge in [0.15, 0.2) is 5.69 Å². The Morgan fingerprint density at radius 3 is 2.57 bits per heavy atom. The van der Waals surface area contributed by atoms with Crippen molar-refractivity contribution in [3.63, 3.8) is 0 Å². The SMILES string of the molecule is Cc1nonc1C(=O)N[C@H](c1cn2nc(C[C@H]3C[C@@H](C(F)(F)F)CNC3=O)c(C3CCOCC3)nc2n1)C1CC(C2CC2)C1. The second kappa shape index (κ2) is 11.4. The van der Waals surface area contributed by atoms with E-state index in [1.807, 2.05) is 0 Å². The molecule has 5 heterocycles. The number of halogens is 3. The minimum atomic E-state index is -4.40. The lowest BCUT2D eigenvalue weighted by molar-refractivity contribution is -0.183. The van der Waals surface area contributed by atoms with Crippen LogP contribution in [0.1, 0.15) is 90.2 Å². The van der Waals surface area contributed by atoms with Gasteiger partial charge in [-0.25, -0.2) is 19.1 Å². The lowest BCUT2D eigenvalue weighted by atomic mass is 9.68. The lowest BCUT2D eigenvalue weighted by Crippen LogP contribution is -2.47. The van der Waals surface area contributed by atoms with E-state index in [1.54, 1.807) is 13.1 Å². The second-order valence-electron chi connectivity index (χ2n) is 12.8. The average Bonchev–Trinajstić information content (AvgIpc) is 3.56. The number of ether oxygens (including phenoxy) is 1. The summed E-state index contributed by atoms with van der Waals surface area (Å²) < 4.78 is 52.5. The quantitative estimate of drug-likeness (QED) is 0.388. The van der Waals surface area contributed by atoms with Gasteiger partial charge in [-0.1, -0.05) is 5.16 Å². The highest BCUT2D eigenvalue weighted by molar-refractivity contribution is 5.93. The topological polar surface area (TPSA) is 149 Å². The summed E-state index contributed by atoms with van der Waals surface area (Å²) in [4.78, 5) is 35.6. The minimum absolute atomic E-state index is 0.0227. The normalized spacial score (nSPS) is 27.1. The lowest BCUT2D eigenvalue weighted by Gasteiger charge is -2.40. The summed E-state index contributed by atoms with van der Waals surface area (Å²) in [7, 11) is 0.